The van der Waals surface area contributed by atoms with Gasteiger partial charge in [0.15, 0.2) is 0 Å². The first kappa shape index (κ1) is 15.5. The van der Waals surface area contributed by atoms with Gasteiger partial charge in [0.05, 0.1) is 19.3 Å². The maximum atomic E-state index is 10.2. The summed E-state index contributed by atoms with van der Waals surface area (Å²) < 4.78 is 1.50. The SMILES string of the molecule is CC(C)(C)[C@@H](O)[C@@H](N)c1cc(I)c(O)c(I)c1. The number of aliphatic hydroxyl groups excluding tert-OH is 1. The molecular weight excluding hydrogens is 444 g/mol. The number of phenols is 1. The van der Waals surface area contributed by atoms with Gasteiger partial charge in [-0.15, -0.1) is 0 Å². The van der Waals surface area contributed by atoms with E-state index in [1.54, 1.807) is 0 Å². The molecule has 3 nitrogen and oxygen atoms in total. The first-order valence-corrected chi connectivity index (χ1v) is 7.42. The topological polar surface area (TPSA) is 66.5 Å². The lowest BCUT2D eigenvalue weighted by atomic mass is 9.82. The standard InChI is InChI=1S/C12H17I2NO2/c1-12(2,3)11(17)9(15)6-4-7(13)10(16)8(14)5-6/h4-5,9,11,16-17H,15H2,1-3H3/t9-,11-/m0/s1. The minimum Gasteiger partial charge on any atom is -0.506 e. The molecule has 17 heavy (non-hydrogen) atoms. The number of hydrogen-bond donors (Lipinski definition) is 3. The minimum atomic E-state index is -0.626. The van der Waals surface area contributed by atoms with Gasteiger partial charge in [-0.3, -0.25) is 0 Å². The molecule has 0 aliphatic rings. The van der Waals surface area contributed by atoms with Crippen LogP contribution in [0.15, 0.2) is 12.1 Å². The third kappa shape index (κ3) is 3.68. The monoisotopic (exact) mass is 461 g/mol. The number of aliphatic hydroxyl groups is 1. The van der Waals surface area contributed by atoms with Crippen LogP contribution in [0.3, 0.4) is 0 Å². The number of halogens is 2. The summed E-state index contributed by atoms with van der Waals surface area (Å²) in [5.74, 6) is 0.271. The number of phenolic OH excluding ortho intramolecular Hbond substituents is 1. The van der Waals surface area contributed by atoms with Crippen LogP contribution in [0.5, 0.6) is 5.75 Å². The first-order chi connectivity index (χ1) is 7.64. The largest absolute Gasteiger partial charge is 0.506 e. The van der Waals surface area contributed by atoms with Gasteiger partial charge in [0.1, 0.15) is 5.75 Å². The van der Waals surface area contributed by atoms with Gasteiger partial charge in [-0.2, -0.15) is 0 Å². The Labute approximate surface area is 129 Å². The molecule has 0 unspecified atom stereocenters. The van der Waals surface area contributed by atoms with Gasteiger partial charge in [-0.1, -0.05) is 20.8 Å². The zero-order valence-corrected chi connectivity index (χ0v) is 14.4. The highest BCUT2D eigenvalue weighted by atomic mass is 127. The second-order valence-electron chi connectivity index (χ2n) is 5.17. The van der Waals surface area contributed by atoms with Crippen molar-refractivity contribution in [2.75, 3.05) is 0 Å². The highest BCUT2D eigenvalue weighted by Crippen LogP contribution is 2.33. The second-order valence-corrected chi connectivity index (χ2v) is 7.49. The summed E-state index contributed by atoms with van der Waals surface area (Å²) >= 11 is 4.12. The first-order valence-electron chi connectivity index (χ1n) is 5.26. The van der Waals surface area contributed by atoms with E-state index in [0.717, 1.165) is 12.7 Å². The summed E-state index contributed by atoms with van der Waals surface area (Å²) in [6, 6.07) is 3.19. The van der Waals surface area contributed by atoms with Crippen molar-refractivity contribution in [1.82, 2.24) is 0 Å². The number of nitrogens with two attached hydrogens (primary N) is 1. The van der Waals surface area contributed by atoms with E-state index in [9.17, 15) is 10.2 Å². The van der Waals surface area contributed by atoms with Crippen LogP contribution in [0.2, 0.25) is 0 Å². The zero-order valence-electron chi connectivity index (χ0n) is 10.0. The molecule has 0 aliphatic heterocycles. The lowest BCUT2D eigenvalue weighted by Gasteiger charge is -2.31. The van der Waals surface area contributed by atoms with Crippen LogP contribution in [0.4, 0.5) is 0 Å². The molecule has 1 aromatic carbocycles. The Bertz CT molecular complexity index is 392. The van der Waals surface area contributed by atoms with E-state index >= 15 is 0 Å². The van der Waals surface area contributed by atoms with Crippen molar-refractivity contribution in [3.8, 4) is 5.75 Å². The molecule has 0 fully saturated rings. The Morgan fingerprint density at radius 2 is 1.59 bits per heavy atom. The van der Waals surface area contributed by atoms with Gasteiger partial charge in [-0.05, 0) is 68.3 Å². The quantitative estimate of drug-likeness (QED) is 0.594. The Balaban J connectivity index is 3.09. The van der Waals surface area contributed by atoms with Crippen molar-refractivity contribution >= 4 is 45.2 Å². The van der Waals surface area contributed by atoms with E-state index in [-0.39, 0.29) is 11.2 Å². The summed E-state index contributed by atoms with van der Waals surface area (Å²) in [4.78, 5) is 0. The predicted octanol–water partition coefficient (Wildman–Crippen LogP) is 3.01. The maximum Gasteiger partial charge on any atom is 0.142 e. The third-order valence-electron chi connectivity index (χ3n) is 2.65. The summed E-state index contributed by atoms with van der Waals surface area (Å²) in [6.07, 6.45) is -0.626. The van der Waals surface area contributed by atoms with Gasteiger partial charge in [-0.25, -0.2) is 0 Å². The van der Waals surface area contributed by atoms with E-state index in [4.69, 9.17) is 5.73 Å². The van der Waals surface area contributed by atoms with Crippen LogP contribution in [0, 0.1) is 12.6 Å². The van der Waals surface area contributed by atoms with Crippen LogP contribution in [-0.4, -0.2) is 16.3 Å². The predicted molar refractivity (Wildman–Crippen MR) is 85.9 cm³/mol. The van der Waals surface area contributed by atoms with Gasteiger partial charge < -0.3 is 15.9 Å². The van der Waals surface area contributed by atoms with E-state index in [1.165, 1.54) is 0 Å². The smallest absolute Gasteiger partial charge is 0.142 e. The molecular formula is C12H17I2NO2. The van der Waals surface area contributed by atoms with Crippen LogP contribution >= 0.6 is 45.2 Å². The van der Waals surface area contributed by atoms with Crippen molar-refractivity contribution in [2.24, 2.45) is 11.1 Å². The Hall–Kier alpha value is 0.400. The molecule has 4 N–H and O–H groups in total. The molecule has 0 heterocycles. The van der Waals surface area contributed by atoms with E-state index in [0.29, 0.717) is 0 Å². The second kappa shape index (κ2) is 5.58. The van der Waals surface area contributed by atoms with E-state index in [2.05, 4.69) is 45.2 Å². The fraction of sp³-hybridized carbons (Fsp3) is 0.500. The highest BCUT2D eigenvalue weighted by molar-refractivity contribution is 14.1. The van der Waals surface area contributed by atoms with Crippen molar-refractivity contribution < 1.29 is 10.2 Å². The lowest BCUT2D eigenvalue weighted by Crippen LogP contribution is -2.37. The molecule has 0 radical (unpaired) electrons. The van der Waals surface area contributed by atoms with Crippen LogP contribution < -0.4 is 5.73 Å². The fourth-order valence-electron chi connectivity index (χ4n) is 1.50. The highest BCUT2D eigenvalue weighted by Gasteiger charge is 2.29. The van der Waals surface area contributed by atoms with Gasteiger partial charge in [0, 0.05) is 0 Å². The lowest BCUT2D eigenvalue weighted by molar-refractivity contribution is 0.0400. The molecule has 0 saturated heterocycles. The Morgan fingerprint density at radius 3 is 1.94 bits per heavy atom. The Morgan fingerprint density at radius 1 is 1.18 bits per heavy atom. The molecule has 1 aromatic rings. The molecule has 0 aromatic heterocycles. The number of hydrogen-bond acceptors (Lipinski definition) is 3. The molecule has 0 aliphatic carbocycles. The van der Waals surface area contributed by atoms with Crippen LogP contribution in [0.1, 0.15) is 32.4 Å². The van der Waals surface area contributed by atoms with Gasteiger partial charge in [0.2, 0.25) is 0 Å². The maximum absolute atomic E-state index is 10.2. The molecule has 1 rings (SSSR count). The van der Waals surface area contributed by atoms with Crippen molar-refractivity contribution in [1.29, 1.82) is 0 Å². The van der Waals surface area contributed by atoms with Gasteiger partial charge >= 0.3 is 0 Å². The van der Waals surface area contributed by atoms with E-state index < -0.39 is 12.1 Å². The molecule has 0 amide bonds. The fourth-order valence-corrected chi connectivity index (χ4v) is 3.31. The molecule has 96 valence electrons. The molecule has 0 bridgehead atoms. The zero-order chi connectivity index (χ0) is 13.4. The third-order valence-corrected chi connectivity index (χ3v) is 4.30. The molecule has 0 spiro atoms. The van der Waals surface area contributed by atoms with Crippen molar-refractivity contribution in [3.05, 3.63) is 24.8 Å². The molecule has 5 heteroatoms. The molecule has 2 atom stereocenters. The van der Waals surface area contributed by atoms with E-state index in [1.807, 2.05) is 32.9 Å². The number of benzene rings is 1. The Kier molecular flexibility index (Phi) is 5.07. The summed E-state index contributed by atoms with van der Waals surface area (Å²) in [5.41, 5.74) is 6.65. The van der Waals surface area contributed by atoms with Crippen molar-refractivity contribution in [3.63, 3.8) is 0 Å². The molecule has 0 saturated carbocycles. The van der Waals surface area contributed by atoms with Gasteiger partial charge in [0.25, 0.3) is 0 Å². The van der Waals surface area contributed by atoms with Crippen molar-refractivity contribution in [2.45, 2.75) is 32.9 Å². The summed E-state index contributed by atoms with van der Waals surface area (Å²) in [7, 11) is 0. The minimum absolute atomic E-state index is 0.270. The normalized spacial score (nSPS) is 15.7. The summed E-state index contributed by atoms with van der Waals surface area (Å²) in [5, 5.41) is 19.9. The average Bonchev–Trinajstić information content (AvgIpc) is 2.21. The van der Waals surface area contributed by atoms with Crippen LogP contribution in [0.25, 0.3) is 0 Å². The number of aromatic hydroxyl groups is 1. The average molecular weight is 461 g/mol. The van der Waals surface area contributed by atoms with Crippen LogP contribution in [-0.2, 0) is 0 Å². The number of rotatable bonds is 2. The summed E-state index contributed by atoms with van der Waals surface area (Å²) in [6.45, 7) is 5.86.